The van der Waals surface area contributed by atoms with E-state index in [0.29, 0.717) is 17.3 Å². The van der Waals surface area contributed by atoms with E-state index in [9.17, 15) is 9.18 Å². The summed E-state index contributed by atoms with van der Waals surface area (Å²) in [5.74, 6) is 1.65. The van der Waals surface area contributed by atoms with Crippen LogP contribution < -0.4 is 20.1 Å². The van der Waals surface area contributed by atoms with Gasteiger partial charge in [-0.2, -0.15) is 0 Å². The molecule has 2 aliphatic rings. The first kappa shape index (κ1) is 20.5. The predicted octanol–water partition coefficient (Wildman–Crippen LogP) is 4.77. The number of carbonyl (C=O) groups is 1. The third kappa shape index (κ3) is 4.57. The fourth-order valence-corrected chi connectivity index (χ4v) is 4.11. The Morgan fingerprint density at radius 2 is 2.00 bits per heavy atom. The highest BCUT2D eigenvalue weighted by Crippen LogP contribution is 2.37. The summed E-state index contributed by atoms with van der Waals surface area (Å²) < 4.78 is 25.2. The molecule has 6 nitrogen and oxygen atoms in total. The molecule has 0 bridgehead atoms. The number of hydrogen-bond donors (Lipinski definition) is 2. The Kier molecular flexibility index (Phi) is 5.73. The number of nitrogens with zero attached hydrogens (tertiary/aromatic N) is 1. The van der Waals surface area contributed by atoms with Crippen LogP contribution in [0.2, 0.25) is 0 Å². The van der Waals surface area contributed by atoms with E-state index >= 15 is 0 Å². The van der Waals surface area contributed by atoms with Crippen LogP contribution in [0.3, 0.4) is 0 Å². The van der Waals surface area contributed by atoms with E-state index in [4.69, 9.17) is 9.47 Å². The van der Waals surface area contributed by atoms with Gasteiger partial charge in [0.15, 0.2) is 0 Å². The van der Waals surface area contributed by atoms with Gasteiger partial charge in [0, 0.05) is 6.07 Å². The highest BCUT2D eigenvalue weighted by Gasteiger charge is 2.23. The molecule has 2 aliphatic heterocycles. The predicted molar refractivity (Wildman–Crippen MR) is 118 cm³/mol. The van der Waals surface area contributed by atoms with Crippen LogP contribution in [0.4, 0.5) is 10.1 Å². The number of amides is 1. The zero-order chi connectivity index (χ0) is 21.9. The second-order valence-electron chi connectivity index (χ2n) is 8.09. The van der Waals surface area contributed by atoms with Crippen LogP contribution in [0.1, 0.15) is 36.5 Å². The Bertz CT molecular complexity index is 1100. The highest BCUT2D eigenvalue weighted by atomic mass is 19.1. The Hall–Kier alpha value is -3.45. The van der Waals surface area contributed by atoms with E-state index in [1.807, 2.05) is 18.2 Å². The molecule has 0 saturated carbocycles. The Morgan fingerprint density at radius 3 is 2.75 bits per heavy atom. The van der Waals surface area contributed by atoms with E-state index in [-0.39, 0.29) is 23.9 Å². The number of aromatic nitrogens is 1. The fourth-order valence-electron chi connectivity index (χ4n) is 4.11. The smallest absolute Gasteiger partial charge is 0.241 e. The number of fused-ring (bicyclic) bond motifs is 1. The van der Waals surface area contributed by atoms with E-state index < -0.39 is 0 Å². The van der Waals surface area contributed by atoms with Crippen molar-refractivity contribution in [2.45, 2.75) is 37.8 Å². The van der Waals surface area contributed by atoms with Gasteiger partial charge in [0.1, 0.15) is 23.4 Å². The molecule has 3 heterocycles. The van der Waals surface area contributed by atoms with Gasteiger partial charge in [0.05, 0.1) is 17.9 Å². The standard InChI is InChI=1S/C25H24FN3O3/c26-18-6-3-16(4-7-18)22-10-5-17-14-20(9-11-23(17)32-22)31-24-12-8-19(15-28-24)29-25(30)21-2-1-13-27-21/h3-4,6-9,11-12,14-15,21-22,27H,1-2,5,10,13H2,(H,29,30)/t21-,22?/m0/s1. The van der Waals surface area contributed by atoms with Crippen molar-refractivity contribution in [1.82, 2.24) is 10.3 Å². The van der Waals surface area contributed by atoms with Crippen molar-refractivity contribution in [3.63, 3.8) is 0 Å². The molecule has 1 amide bonds. The van der Waals surface area contributed by atoms with Gasteiger partial charge in [0.2, 0.25) is 11.8 Å². The highest BCUT2D eigenvalue weighted by molar-refractivity contribution is 5.94. The van der Waals surface area contributed by atoms with Crippen molar-refractivity contribution in [2.24, 2.45) is 0 Å². The summed E-state index contributed by atoms with van der Waals surface area (Å²) in [7, 11) is 0. The van der Waals surface area contributed by atoms with E-state index in [1.54, 1.807) is 30.5 Å². The first-order valence-electron chi connectivity index (χ1n) is 10.9. The van der Waals surface area contributed by atoms with Crippen molar-refractivity contribution in [3.05, 3.63) is 77.7 Å². The van der Waals surface area contributed by atoms with Crippen molar-refractivity contribution in [1.29, 1.82) is 0 Å². The molecular weight excluding hydrogens is 409 g/mol. The summed E-state index contributed by atoms with van der Waals surface area (Å²) in [5.41, 5.74) is 2.67. The van der Waals surface area contributed by atoms with Gasteiger partial charge in [-0.25, -0.2) is 9.37 Å². The van der Waals surface area contributed by atoms with E-state index in [1.165, 1.54) is 12.1 Å². The SMILES string of the molecule is O=C(Nc1ccc(Oc2ccc3c(c2)CCC(c2ccc(F)cc2)O3)nc1)[C@@H]1CCCN1. The average Bonchev–Trinajstić information content (AvgIpc) is 3.36. The zero-order valence-corrected chi connectivity index (χ0v) is 17.5. The molecule has 0 aliphatic carbocycles. The molecule has 5 rings (SSSR count). The second kappa shape index (κ2) is 8.96. The van der Waals surface area contributed by atoms with Crippen molar-refractivity contribution < 1.29 is 18.7 Å². The monoisotopic (exact) mass is 433 g/mol. The maximum absolute atomic E-state index is 13.2. The number of benzene rings is 2. The molecule has 1 aromatic heterocycles. The van der Waals surface area contributed by atoms with Crippen LogP contribution in [0.5, 0.6) is 17.4 Å². The minimum atomic E-state index is -0.249. The lowest BCUT2D eigenvalue weighted by atomic mass is 9.97. The Balaban J connectivity index is 1.21. The van der Waals surface area contributed by atoms with Gasteiger partial charge in [-0.1, -0.05) is 12.1 Å². The molecule has 0 spiro atoms. The minimum Gasteiger partial charge on any atom is -0.485 e. The minimum absolute atomic E-state index is 0.0356. The number of nitrogens with one attached hydrogen (secondary N) is 2. The summed E-state index contributed by atoms with van der Waals surface area (Å²) in [5, 5.41) is 6.06. The third-order valence-electron chi connectivity index (χ3n) is 5.82. The number of ether oxygens (including phenoxy) is 2. The van der Waals surface area contributed by atoms with Crippen LogP contribution in [0, 0.1) is 5.82 Å². The number of rotatable bonds is 5. The summed E-state index contributed by atoms with van der Waals surface area (Å²) >= 11 is 0. The zero-order valence-electron chi connectivity index (χ0n) is 17.5. The molecule has 3 aromatic rings. The molecule has 2 atom stereocenters. The number of halogens is 1. The lowest BCUT2D eigenvalue weighted by Crippen LogP contribution is -2.35. The first-order valence-corrected chi connectivity index (χ1v) is 10.9. The third-order valence-corrected chi connectivity index (χ3v) is 5.82. The van der Waals surface area contributed by atoms with Crippen LogP contribution in [-0.2, 0) is 11.2 Å². The van der Waals surface area contributed by atoms with E-state index in [0.717, 1.165) is 49.1 Å². The molecule has 0 radical (unpaired) electrons. The molecule has 1 saturated heterocycles. The lowest BCUT2D eigenvalue weighted by Gasteiger charge is -2.26. The number of carbonyl (C=O) groups excluding carboxylic acids is 1. The van der Waals surface area contributed by atoms with Crippen LogP contribution in [0.15, 0.2) is 60.8 Å². The largest absolute Gasteiger partial charge is 0.485 e. The number of anilines is 1. The van der Waals surface area contributed by atoms with Gasteiger partial charge < -0.3 is 20.1 Å². The second-order valence-corrected chi connectivity index (χ2v) is 8.09. The molecule has 1 fully saturated rings. The Labute approximate surface area is 185 Å². The van der Waals surface area contributed by atoms with Gasteiger partial charge >= 0.3 is 0 Å². The number of pyridine rings is 1. The molecule has 2 N–H and O–H groups in total. The summed E-state index contributed by atoms with van der Waals surface area (Å²) in [6.45, 7) is 0.877. The number of aryl methyl sites for hydroxylation is 1. The van der Waals surface area contributed by atoms with Crippen LogP contribution >= 0.6 is 0 Å². The molecule has 164 valence electrons. The molecule has 1 unspecified atom stereocenters. The van der Waals surface area contributed by atoms with Crippen molar-refractivity contribution >= 4 is 11.6 Å². The molecule has 32 heavy (non-hydrogen) atoms. The van der Waals surface area contributed by atoms with E-state index in [2.05, 4.69) is 15.6 Å². The maximum Gasteiger partial charge on any atom is 0.241 e. The normalized spacial score (nSPS) is 19.7. The fraction of sp³-hybridized carbons (Fsp3) is 0.280. The van der Waals surface area contributed by atoms with Crippen LogP contribution in [-0.4, -0.2) is 23.5 Å². The van der Waals surface area contributed by atoms with Gasteiger partial charge in [-0.15, -0.1) is 0 Å². The van der Waals surface area contributed by atoms with Gasteiger partial charge in [-0.05, 0) is 79.8 Å². The van der Waals surface area contributed by atoms with Crippen molar-refractivity contribution in [3.8, 4) is 17.4 Å². The maximum atomic E-state index is 13.2. The van der Waals surface area contributed by atoms with Crippen molar-refractivity contribution in [2.75, 3.05) is 11.9 Å². The summed E-state index contributed by atoms with van der Waals surface area (Å²) in [4.78, 5) is 16.5. The summed E-state index contributed by atoms with van der Waals surface area (Å²) in [6, 6.07) is 15.5. The Morgan fingerprint density at radius 1 is 1.12 bits per heavy atom. The van der Waals surface area contributed by atoms with Gasteiger partial charge in [-0.3, -0.25) is 4.79 Å². The van der Waals surface area contributed by atoms with Gasteiger partial charge in [0.25, 0.3) is 0 Å². The number of hydrogen-bond acceptors (Lipinski definition) is 5. The summed E-state index contributed by atoms with van der Waals surface area (Å²) in [6.07, 6.45) is 5.03. The molecule has 2 aromatic carbocycles. The van der Waals surface area contributed by atoms with Crippen LogP contribution in [0.25, 0.3) is 0 Å². The first-order chi connectivity index (χ1) is 15.6. The molecule has 7 heteroatoms. The topological polar surface area (TPSA) is 72.5 Å². The lowest BCUT2D eigenvalue weighted by molar-refractivity contribution is -0.117. The quantitative estimate of drug-likeness (QED) is 0.607. The average molecular weight is 433 g/mol. The molecular formula is C25H24FN3O3.